The topological polar surface area (TPSA) is 41.5 Å². The molecule has 1 aliphatic rings. The molecule has 0 aliphatic carbocycles. The van der Waals surface area contributed by atoms with Crippen molar-refractivity contribution in [3.8, 4) is 11.5 Å². The number of hydrogen-bond acceptors (Lipinski definition) is 3. The molecule has 0 saturated carbocycles. The maximum absolute atomic E-state index is 9.48. The highest BCUT2D eigenvalue weighted by molar-refractivity contribution is 5.60. The maximum Gasteiger partial charge on any atom is 0.143 e. The summed E-state index contributed by atoms with van der Waals surface area (Å²) >= 11 is 0. The largest absolute Gasteiger partial charge is 0.508 e. The average molecular weight is 297 g/mol. The number of anilines is 1. The molecule has 3 rings (SSSR count). The molecule has 3 nitrogen and oxygen atoms in total. The zero-order chi connectivity index (χ0) is 15.4. The van der Waals surface area contributed by atoms with Crippen LogP contribution in [-0.2, 0) is 12.8 Å². The molecule has 0 bridgehead atoms. The second-order valence-corrected chi connectivity index (χ2v) is 5.93. The molecule has 1 aliphatic heterocycles. The molecule has 2 N–H and O–H groups in total. The minimum absolute atomic E-state index is 0.124. The molecular formula is C19H23NO2. The molecule has 1 heterocycles. The Morgan fingerprint density at radius 2 is 1.91 bits per heavy atom. The molecular weight excluding hydrogens is 274 g/mol. The average Bonchev–Trinajstić information content (AvgIpc) is 2.54. The molecule has 3 heteroatoms. The lowest BCUT2D eigenvalue weighted by Gasteiger charge is -2.27. The van der Waals surface area contributed by atoms with Crippen molar-refractivity contribution in [2.75, 3.05) is 11.9 Å². The molecule has 0 fully saturated rings. The standard InChI is InChI=1S/C19H23NO2/c1-2-3-4-14-5-7-15(8-6-14)11-17-13-20-18-12-16(21)9-10-19(18)22-17/h5-10,12,17,20-21H,2-4,11,13H2,1H3. The van der Waals surface area contributed by atoms with Gasteiger partial charge >= 0.3 is 0 Å². The summed E-state index contributed by atoms with van der Waals surface area (Å²) in [7, 11) is 0. The Bertz CT molecular complexity index is 622. The molecule has 1 unspecified atom stereocenters. The maximum atomic E-state index is 9.48. The summed E-state index contributed by atoms with van der Waals surface area (Å²) in [4.78, 5) is 0. The van der Waals surface area contributed by atoms with Crippen molar-refractivity contribution in [1.82, 2.24) is 0 Å². The van der Waals surface area contributed by atoms with E-state index in [4.69, 9.17) is 4.74 Å². The summed E-state index contributed by atoms with van der Waals surface area (Å²) in [5.74, 6) is 1.07. The second-order valence-electron chi connectivity index (χ2n) is 5.93. The fourth-order valence-electron chi connectivity index (χ4n) is 2.80. The quantitative estimate of drug-likeness (QED) is 0.871. The van der Waals surface area contributed by atoms with Gasteiger partial charge in [-0.2, -0.15) is 0 Å². The van der Waals surface area contributed by atoms with Gasteiger partial charge in [-0.3, -0.25) is 0 Å². The van der Waals surface area contributed by atoms with E-state index in [1.165, 1.54) is 24.0 Å². The van der Waals surface area contributed by atoms with Gasteiger partial charge in [-0.15, -0.1) is 0 Å². The number of fused-ring (bicyclic) bond motifs is 1. The van der Waals surface area contributed by atoms with Crippen LogP contribution in [0, 0.1) is 0 Å². The highest BCUT2D eigenvalue weighted by atomic mass is 16.5. The molecule has 0 radical (unpaired) electrons. The number of aromatic hydroxyl groups is 1. The fourth-order valence-corrected chi connectivity index (χ4v) is 2.80. The van der Waals surface area contributed by atoms with E-state index in [0.717, 1.165) is 30.8 Å². The summed E-state index contributed by atoms with van der Waals surface area (Å²) in [6.45, 7) is 2.98. The van der Waals surface area contributed by atoms with Crippen LogP contribution in [0.5, 0.6) is 11.5 Å². The van der Waals surface area contributed by atoms with Crippen molar-refractivity contribution >= 4 is 5.69 Å². The molecule has 2 aromatic carbocycles. The normalized spacial score (nSPS) is 16.5. The highest BCUT2D eigenvalue weighted by Crippen LogP contribution is 2.32. The molecule has 0 saturated heterocycles. The Kier molecular flexibility index (Phi) is 4.52. The first-order valence-electron chi connectivity index (χ1n) is 8.06. The van der Waals surface area contributed by atoms with Gasteiger partial charge in [0.2, 0.25) is 0 Å². The van der Waals surface area contributed by atoms with Crippen molar-refractivity contribution in [3.63, 3.8) is 0 Å². The third-order valence-electron chi connectivity index (χ3n) is 4.08. The minimum Gasteiger partial charge on any atom is -0.508 e. The Labute approximate surface area is 131 Å². The van der Waals surface area contributed by atoms with Crippen LogP contribution in [0.1, 0.15) is 30.9 Å². The zero-order valence-electron chi connectivity index (χ0n) is 13.0. The smallest absolute Gasteiger partial charge is 0.143 e. The van der Waals surface area contributed by atoms with Crippen LogP contribution < -0.4 is 10.1 Å². The minimum atomic E-state index is 0.124. The van der Waals surface area contributed by atoms with Gasteiger partial charge in [-0.1, -0.05) is 37.6 Å². The molecule has 116 valence electrons. The Morgan fingerprint density at radius 1 is 1.14 bits per heavy atom. The first-order chi connectivity index (χ1) is 10.7. The van der Waals surface area contributed by atoms with E-state index in [9.17, 15) is 5.11 Å². The molecule has 1 atom stereocenters. The number of ether oxygens (including phenoxy) is 1. The number of nitrogens with one attached hydrogen (secondary N) is 1. The predicted octanol–water partition coefficient (Wildman–Crippen LogP) is 4.15. The number of aryl methyl sites for hydroxylation is 1. The third kappa shape index (κ3) is 3.53. The molecule has 0 amide bonds. The van der Waals surface area contributed by atoms with Gasteiger partial charge in [0.05, 0.1) is 12.2 Å². The Morgan fingerprint density at radius 3 is 2.68 bits per heavy atom. The van der Waals surface area contributed by atoms with E-state index >= 15 is 0 Å². The van der Waals surface area contributed by atoms with Gasteiger partial charge in [0.25, 0.3) is 0 Å². The highest BCUT2D eigenvalue weighted by Gasteiger charge is 2.19. The lowest BCUT2D eigenvalue weighted by molar-refractivity contribution is 0.206. The van der Waals surface area contributed by atoms with Gasteiger partial charge in [0.15, 0.2) is 0 Å². The third-order valence-corrected chi connectivity index (χ3v) is 4.08. The van der Waals surface area contributed by atoms with Crippen molar-refractivity contribution in [3.05, 3.63) is 53.6 Å². The number of hydrogen-bond donors (Lipinski definition) is 2. The van der Waals surface area contributed by atoms with E-state index in [-0.39, 0.29) is 11.9 Å². The van der Waals surface area contributed by atoms with E-state index in [1.807, 2.05) is 6.07 Å². The van der Waals surface area contributed by atoms with Gasteiger partial charge in [0, 0.05) is 12.5 Å². The number of unbranched alkanes of at least 4 members (excludes halogenated alkanes) is 1. The first-order valence-corrected chi connectivity index (χ1v) is 8.06. The number of phenolic OH excluding ortho intramolecular Hbond substituents is 1. The van der Waals surface area contributed by atoms with Crippen molar-refractivity contribution in [1.29, 1.82) is 0 Å². The number of rotatable bonds is 5. The van der Waals surface area contributed by atoms with Crippen LogP contribution in [0.2, 0.25) is 0 Å². The molecule has 0 aromatic heterocycles. The van der Waals surface area contributed by atoms with Gasteiger partial charge in [0.1, 0.15) is 17.6 Å². The molecule has 22 heavy (non-hydrogen) atoms. The number of benzene rings is 2. The van der Waals surface area contributed by atoms with Crippen molar-refractivity contribution in [2.24, 2.45) is 0 Å². The van der Waals surface area contributed by atoms with E-state index in [1.54, 1.807) is 12.1 Å². The number of phenols is 1. The van der Waals surface area contributed by atoms with E-state index in [2.05, 4.69) is 36.5 Å². The van der Waals surface area contributed by atoms with Crippen molar-refractivity contribution in [2.45, 2.75) is 38.7 Å². The van der Waals surface area contributed by atoms with E-state index in [0.29, 0.717) is 0 Å². The van der Waals surface area contributed by atoms with Crippen LogP contribution in [-0.4, -0.2) is 17.8 Å². The summed E-state index contributed by atoms with van der Waals surface area (Å²) in [5.41, 5.74) is 3.58. The van der Waals surface area contributed by atoms with Crippen LogP contribution in [0.25, 0.3) is 0 Å². The zero-order valence-corrected chi connectivity index (χ0v) is 13.0. The molecule has 2 aromatic rings. The lowest BCUT2D eigenvalue weighted by atomic mass is 10.0. The predicted molar refractivity (Wildman–Crippen MR) is 89.8 cm³/mol. The SMILES string of the molecule is CCCCc1ccc(CC2CNc3cc(O)ccc3O2)cc1. The Balaban J connectivity index is 1.61. The van der Waals surface area contributed by atoms with Gasteiger partial charge in [-0.05, 0) is 36.1 Å². The van der Waals surface area contributed by atoms with E-state index < -0.39 is 0 Å². The second kappa shape index (κ2) is 6.73. The van der Waals surface area contributed by atoms with Crippen molar-refractivity contribution < 1.29 is 9.84 Å². The van der Waals surface area contributed by atoms with Crippen LogP contribution in [0.3, 0.4) is 0 Å². The van der Waals surface area contributed by atoms with Crippen LogP contribution >= 0.6 is 0 Å². The lowest BCUT2D eigenvalue weighted by Crippen LogP contribution is -2.32. The molecule has 0 spiro atoms. The summed E-state index contributed by atoms with van der Waals surface area (Å²) < 4.78 is 6.01. The first kappa shape index (κ1) is 14.8. The summed E-state index contributed by atoms with van der Waals surface area (Å²) in [6.07, 6.45) is 4.66. The van der Waals surface area contributed by atoms with Crippen LogP contribution in [0.15, 0.2) is 42.5 Å². The fraction of sp³-hybridized carbons (Fsp3) is 0.368. The summed E-state index contributed by atoms with van der Waals surface area (Å²) in [5, 5.41) is 12.8. The van der Waals surface area contributed by atoms with Gasteiger partial charge < -0.3 is 15.2 Å². The Hall–Kier alpha value is -2.16. The summed E-state index contributed by atoms with van der Waals surface area (Å²) in [6, 6.07) is 14.1. The van der Waals surface area contributed by atoms with Gasteiger partial charge in [-0.25, -0.2) is 0 Å². The van der Waals surface area contributed by atoms with Crippen LogP contribution in [0.4, 0.5) is 5.69 Å². The monoisotopic (exact) mass is 297 g/mol.